The summed E-state index contributed by atoms with van der Waals surface area (Å²) in [6.07, 6.45) is 4.75. The number of hydrogen-bond donors (Lipinski definition) is 0. The van der Waals surface area contributed by atoms with Gasteiger partial charge in [0.1, 0.15) is 6.33 Å². The molecule has 0 amide bonds. The van der Waals surface area contributed by atoms with Gasteiger partial charge in [-0.15, -0.1) is 0 Å². The lowest BCUT2D eigenvalue weighted by Crippen LogP contribution is -2.35. The van der Waals surface area contributed by atoms with Gasteiger partial charge in [-0.3, -0.25) is 10.1 Å². The molecule has 1 saturated heterocycles. The molecule has 7 nitrogen and oxygen atoms in total. The molecule has 7 heteroatoms. The molecule has 1 aliphatic heterocycles. The Morgan fingerprint density at radius 3 is 2.56 bits per heavy atom. The van der Waals surface area contributed by atoms with E-state index in [1.807, 2.05) is 18.7 Å². The molecular formula is C18H29N5O2. The van der Waals surface area contributed by atoms with E-state index in [9.17, 15) is 10.1 Å². The molecule has 1 aliphatic carbocycles. The zero-order chi connectivity index (χ0) is 18.4. The fourth-order valence-corrected chi connectivity index (χ4v) is 5.20. The highest BCUT2D eigenvalue weighted by Gasteiger charge is 2.51. The molecule has 3 rings (SSSR count). The van der Waals surface area contributed by atoms with Crippen molar-refractivity contribution in [3.63, 3.8) is 0 Å². The largest absolute Gasteiger partial charge is 0.353 e. The Morgan fingerprint density at radius 2 is 1.96 bits per heavy atom. The van der Waals surface area contributed by atoms with Gasteiger partial charge in [0, 0.05) is 25.7 Å². The van der Waals surface area contributed by atoms with E-state index in [1.165, 1.54) is 6.33 Å². The highest BCUT2D eigenvalue weighted by atomic mass is 16.6. The third-order valence-electron chi connectivity index (χ3n) is 5.72. The fraction of sp³-hybridized carbons (Fsp3) is 0.778. The summed E-state index contributed by atoms with van der Waals surface area (Å²) < 4.78 is 0. The summed E-state index contributed by atoms with van der Waals surface area (Å²) in [6, 6.07) is 0.312. The van der Waals surface area contributed by atoms with Crippen molar-refractivity contribution in [2.45, 2.75) is 59.9 Å². The number of fused-ring (bicyclic) bond motifs is 2. The van der Waals surface area contributed by atoms with Crippen LogP contribution in [0, 0.1) is 20.9 Å². The smallest absolute Gasteiger partial charge is 0.351 e. The Bertz CT molecular complexity index is 673. The lowest BCUT2D eigenvalue weighted by atomic mass is 9.65. The van der Waals surface area contributed by atoms with E-state index >= 15 is 0 Å². The van der Waals surface area contributed by atoms with Crippen molar-refractivity contribution in [1.29, 1.82) is 0 Å². The zero-order valence-electron chi connectivity index (χ0n) is 15.9. The minimum atomic E-state index is -0.307. The molecule has 138 valence electrons. The molecule has 0 spiro atoms. The van der Waals surface area contributed by atoms with Gasteiger partial charge in [-0.1, -0.05) is 20.8 Å². The number of anilines is 2. The van der Waals surface area contributed by atoms with Crippen LogP contribution in [0.4, 0.5) is 17.3 Å². The van der Waals surface area contributed by atoms with Crippen molar-refractivity contribution < 1.29 is 4.92 Å². The molecule has 0 radical (unpaired) electrons. The van der Waals surface area contributed by atoms with Gasteiger partial charge in [-0.05, 0) is 43.9 Å². The van der Waals surface area contributed by atoms with Crippen LogP contribution >= 0.6 is 0 Å². The van der Waals surface area contributed by atoms with Gasteiger partial charge in [-0.2, -0.15) is 0 Å². The maximum absolute atomic E-state index is 11.9. The van der Waals surface area contributed by atoms with Gasteiger partial charge in [0.15, 0.2) is 0 Å². The van der Waals surface area contributed by atoms with Gasteiger partial charge < -0.3 is 9.80 Å². The first-order valence-corrected chi connectivity index (χ1v) is 9.20. The molecule has 1 saturated carbocycles. The minimum Gasteiger partial charge on any atom is -0.351 e. The van der Waals surface area contributed by atoms with E-state index < -0.39 is 0 Å². The van der Waals surface area contributed by atoms with E-state index in [0.717, 1.165) is 25.8 Å². The van der Waals surface area contributed by atoms with Crippen LogP contribution in [0.3, 0.4) is 0 Å². The SMILES string of the molecule is CCN(CC)c1ncnc(N2CC3(C)CC2CC(C)(C)C3)c1[N+](=O)[O-]. The highest BCUT2D eigenvalue weighted by Crippen LogP contribution is 2.54. The predicted octanol–water partition coefficient (Wildman–Crippen LogP) is 3.64. The highest BCUT2D eigenvalue weighted by molar-refractivity contribution is 5.72. The Kier molecular flexibility index (Phi) is 4.37. The molecule has 2 aliphatic rings. The van der Waals surface area contributed by atoms with Crippen molar-refractivity contribution in [3.05, 3.63) is 16.4 Å². The summed E-state index contributed by atoms with van der Waals surface area (Å²) in [5.41, 5.74) is 0.511. The second kappa shape index (κ2) is 6.11. The van der Waals surface area contributed by atoms with Crippen LogP contribution in [0.25, 0.3) is 0 Å². The number of nitro groups is 1. The number of aromatic nitrogens is 2. The van der Waals surface area contributed by atoms with Gasteiger partial charge in [0.05, 0.1) is 4.92 Å². The van der Waals surface area contributed by atoms with Gasteiger partial charge in [0.2, 0.25) is 11.6 Å². The maximum Gasteiger partial charge on any atom is 0.353 e. The first-order chi connectivity index (χ1) is 11.7. The van der Waals surface area contributed by atoms with Crippen molar-refractivity contribution in [2.75, 3.05) is 29.4 Å². The topological polar surface area (TPSA) is 75.4 Å². The standard InChI is InChI=1S/C18H29N5O2/c1-6-21(7-2)15-14(23(24)25)16(20-12-19-15)22-11-18(5)9-13(22)8-17(3,4)10-18/h12-13H,6-11H2,1-5H3. The van der Waals surface area contributed by atoms with Crippen molar-refractivity contribution in [2.24, 2.45) is 10.8 Å². The van der Waals surface area contributed by atoms with Crippen LogP contribution in [-0.4, -0.2) is 40.6 Å². The van der Waals surface area contributed by atoms with E-state index in [4.69, 9.17) is 0 Å². The fourth-order valence-electron chi connectivity index (χ4n) is 5.20. The van der Waals surface area contributed by atoms with Crippen molar-refractivity contribution >= 4 is 17.3 Å². The zero-order valence-corrected chi connectivity index (χ0v) is 15.9. The van der Waals surface area contributed by atoms with Crippen LogP contribution in [-0.2, 0) is 0 Å². The first kappa shape index (κ1) is 17.9. The average Bonchev–Trinajstić information content (AvgIpc) is 2.77. The summed E-state index contributed by atoms with van der Waals surface area (Å²) in [6.45, 7) is 13.1. The van der Waals surface area contributed by atoms with Crippen LogP contribution in [0.2, 0.25) is 0 Å². The predicted molar refractivity (Wildman–Crippen MR) is 99.1 cm³/mol. The van der Waals surface area contributed by atoms with Crippen molar-refractivity contribution in [1.82, 2.24) is 9.97 Å². The lowest BCUT2D eigenvalue weighted by molar-refractivity contribution is -0.383. The number of rotatable bonds is 5. The molecule has 1 aromatic heterocycles. The average molecular weight is 347 g/mol. The lowest BCUT2D eigenvalue weighted by Gasteiger charge is -2.39. The molecule has 1 aromatic rings. The molecule has 0 aromatic carbocycles. The van der Waals surface area contributed by atoms with E-state index in [0.29, 0.717) is 30.8 Å². The number of hydrogen-bond acceptors (Lipinski definition) is 6. The molecular weight excluding hydrogens is 318 g/mol. The Labute approximate surface area is 149 Å². The normalized spacial score (nSPS) is 27.4. The summed E-state index contributed by atoms with van der Waals surface area (Å²) in [5.74, 6) is 0.930. The summed E-state index contributed by atoms with van der Waals surface area (Å²) in [5, 5.41) is 11.9. The van der Waals surface area contributed by atoms with Crippen LogP contribution in [0.1, 0.15) is 53.9 Å². The third-order valence-corrected chi connectivity index (χ3v) is 5.72. The molecule has 0 N–H and O–H groups in total. The molecule has 25 heavy (non-hydrogen) atoms. The van der Waals surface area contributed by atoms with E-state index in [2.05, 4.69) is 35.6 Å². The number of nitrogens with zero attached hydrogens (tertiary/aromatic N) is 5. The Hall–Kier alpha value is -1.92. The van der Waals surface area contributed by atoms with Gasteiger partial charge in [0.25, 0.3) is 0 Å². The third kappa shape index (κ3) is 3.16. The molecule has 2 unspecified atom stereocenters. The minimum absolute atomic E-state index is 0.0557. The molecule has 2 heterocycles. The second-order valence-corrected chi connectivity index (χ2v) is 8.64. The molecule has 2 atom stereocenters. The quantitative estimate of drug-likeness (QED) is 0.598. The summed E-state index contributed by atoms with van der Waals surface area (Å²) >= 11 is 0. The molecule has 2 bridgehead atoms. The van der Waals surface area contributed by atoms with Crippen LogP contribution < -0.4 is 9.80 Å². The summed E-state index contributed by atoms with van der Waals surface area (Å²) in [4.78, 5) is 24.3. The van der Waals surface area contributed by atoms with E-state index in [-0.39, 0.29) is 21.4 Å². The maximum atomic E-state index is 11.9. The van der Waals surface area contributed by atoms with E-state index in [1.54, 1.807) is 0 Å². The molecule has 2 fully saturated rings. The van der Waals surface area contributed by atoms with Crippen molar-refractivity contribution in [3.8, 4) is 0 Å². The van der Waals surface area contributed by atoms with Crippen LogP contribution in [0.5, 0.6) is 0 Å². The second-order valence-electron chi connectivity index (χ2n) is 8.64. The first-order valence-electron chi connectivity index (χ1n) is 9.20. The van der Waals surface area contributed by atoms with Gasteiger partial charge in [-0.25, -0.2) is 9.97 Å². The van der Waals surface area contributed by atoms with Gasteiger partial charge >= 0.3 is 5.69 Å². The Balaban J connectivity index is 2.06. The van der Waals surface area contributed by atoms with Crippen LogP contribution in [0.15, 0.2) is 6.33 Å². The summed E-state index contributed by atoms with van der Waals surface area (Å²) in [7, 11) is 0. The Morgan fingerprint density at radius 1 is 1.28 bits per heavy atom. The monoisotopic (exact) mass is 347 g/mol.